The Hall–Kier alpha value is -3.07. The summed E-state index contributed by atoms with van der Waals surface area (Å²) in [5, 5.41) is 6.46. The minimum absolute atomic E-state index is 0.0188. The number of hydrogen-bond donors (Lipinski definition) is 1. The van der Waals surface area contributed by atoms with Crippen LogP contribution in [0.15, 0.2) is 72.8 Å². The quantitative estimate of drug-likeness (QED) is 0.582. The predicted molar refractivity (Wildman–Crippen MR) is 99.3 cm³/mol. The van der Waals surface area contributed by atoms with Crippen LogP contribution < -0.4 is 5.32 Å². The fourth-order valence-corrected chi connectivity index (χ4v) is 3.17. The van der Waals surface area contributed by atoms with Crippen LogP contribution in [-0.2, 0) is 11.3 Å². The lowest BCUT2D eigenvalue weighted by atomic mass is 10.1. The van der Waals surface area contributed by atoms with Crippen LogP contribution in [0.25, 0.3) is 21.7 Å². The highest BCUT2D eigenvalue weighted by atomic mass is 16.1. The molecule has 1 amide bonds. The third-order valence-electron chi connectivity index (χ3n) is 4.35. The molecule has 3 aromatic carbocycles. The summed E-state index contributed by atoms with van der Waals surface area (Å²) in [6.07, 6.45) is 0. The molecule has 4 rings (SSSR count). The van der Waals surface area contributed by atoms with E-state index in [1.165, 1.54) is 5.39 Å². The number of aromatic nitrogens is 1. The van der Waals surface area contributed by atoms with Crippen LogP contribution in [-0.4, -0.2) is 10.5 Å². The topological polar surface area (TPSA) is 34.0 Å². The van der Waals surface area contributed by atoms with E-state index in [-0.39, 0.29) is 5.91 Å². The highest BCUT2D eigenvalue weighted by Crippen LogP contribution is 2.21. The molecule has 24 heavy (non-hydrogen) atoms. The van der Waals surface area contributed by atoms with Crippen LogP contribution in [0, 0.1) is 6.92 Å². The Bertz CT molecular complexity index is 1050. The van der Waals surface area contributed by atoms with Gasteiger partial charge in [0.25, 0.3) is 0 Å². The molecule has 0 fully saturated rings. The Morgan fingerprint density at radius 2 is 1.58 bits per heavy atom. The zero-order chi connectivity index (χ0) is 16.5. The van der Waals surface area contributed by atoms with E-state index in [4.69, 9.17) is 0 Å². The molecule has 3 nitrogen and oxygen atoms in total. The number of benzene rings is 3. The second-order valence-electron chi connectivity index (χ2n) is 6.04. The van der Waals surface area contributed by atoms with Gasteiger partial charge in [-0.1, -0.05) is 48.5 Å². The second-order valence-corrected chi connectivity index (χ2v) is 6.04. The summed E-state index contributed by atoms with van der Waals surface area (Å²) in [4.78, 5) is 12.5. The van der Waals surface area contributed by atoms with E-state index in [2.05, 4.69) is 29.6 Å². The second kappa shape index (κ2) is 5.85. The smallest absolute Gasteiger partial charge is 0.244 e. The van der Waals surface area contributed by atoms with E-state index >= 15 is 0 Å². The molecule has 118 valence electrons. The van der Waals surface area contributed by atoms with Gasteiger partial charge in [-0.3, -0.25) is 4.79 Å². The van der Waals surface area contributed by atoms with E-state index < -0.39 is 0 Å². The first-order chi connectivity index (χ1) is 11.7. The molecule has 4 aromatic rings. The van der Waals surface area contributed by atoms with Crippen molar-refractivity contribution in [2.75, 3.05) is 5.32 Å². The highest BCUT2D eigenvalue weighted by Gasteiger charge is 2.09. The molecule has 0 aliphatic heterocycles. The number of nitrogens with zero attached hydrogens (tertiary/aromatic N) is 1. The van der Waals surface area contributed by atoms with Crippen molar-refractivity contribution >= 4 is 33.3 Å². The Labute approximate surface area is 140 Å². The molecule has 0 radical (unpaired) electrons. The summed E-state index contributed by atoms with van der Waals surface area (Å²) in [6, 6.07) is 24.4. The van der Waals surface area contributed by atoms with Crippen LogP contribution >= 0.6 is 0 Å². The molecule has 0 bridgehead atoms. The van der Waals surface area contributed by atoms with Crippen LogP contribution in [0.2, 0.25) is 0 Å². The Morgan fingerprint density at radius 1 is 0.875 bits per heavy atom. The molecule has 1 heterocycles. The van der Waals surface area contributed by atoms with Crippen molar-refractivity contribution in [3.8, 4) is 0 Å². The lowest BCUT2D eigenvalue weighted by molar-refractivity contribution is -0.116. The fourth-order valence-electron chi connectivity index (χ4n) is 3.17. The van der Waals surface area contributed by atoms with Gasteiger partial charge in [-0.25, -0.2) is 0 Å². The van der Waals surface area contributed by atoms with Gasteiger partial charge in [0, 0.05) is 16.9 Å². The third kappa shape index (κ3) is 2.65. The van der Waals surface area contributed by atoms with E-state index in [9.17, 15) is 4.79 Å². The van der Waals surface area contributed by atoms with E-state index in [1.807, 2.05) is 60.0 Å². The van der Waals surface area contributed by atoms with Gasteiger partial charge < -0.3 is 9.88 Å². The monoisotopic (exact) mass is 314 g/mol. The molecule has 0 unspecified atom stereocenters. The molecule has 0 saturated carbocycles. The molecular formula is C21H18N2O. The Kier molecular flexibility index (Phi) is 3.54. The lowest BCUT2D eigenvalue weighted by Crippen LogP contribution is -2.19. The van der Waals surface area contributed by atoms with Crippen molar-refractivity contribution in [2.45, 2.75) is 13.5 Å². The molecule has 0 aliphatic rings. The van der Waals surface area contributed by atoms with Crippen molar-refractivity contribution in [1.82, 2.24) is 4.57 Å². The van der Waals surface area contributed by atoms with Crippen LogP contribution in [0.5, 0.6) is 0 Å². The van der Waals surface area contributed by atoms with Crippen molar-refractivity contribution < 1.29 is 4.79 Å². The van der Waals surface area contributed by atoms with Gasteiger partial charge in [-0.05, 0) is 47.3 Å². The zero-order valence-corrected chi connectivity index (χ0v) is 13.5. The number of carbonyl (C=O) groups is 1. The maximum absolute atomic E-state index is 12.5. The van der Waals surface area contributed by atoms with Gasteiger partial charge in [0.1, 0.15) is 6.54 Å². The van der Waals surface area contributed by atoms with E-state index in [0.717, 1.165) is 27.7 Å². The number of nitrogens with one attached hydrogen (secondary N) is 1. The first-order valence-corrected chi connectivity index (χ1v) is 8.04. The normalized spacial score (nSPS) is 11.0. The number of carbonyl (C=O) groups excluding carboxylic acids is 1. The molecule has 1 aromatic heterocycles. The predicted octanol–water partition coefficient (Wildman–Crippen LogP) is 4.74. The van der Waals surface area contributed by atoms with Gasteiger partial charge >= 0.3 is 0 Å². The Morgan fingerprint density at radius 3 is 2.42 bits per heavy atom. The summed E-state index contributed by atoms with van der Waals surface area (Å²) >= 11 is 0. The number of fused-ring (bicyclic) bond motifs is 2. The van der Waals surface area contributed by atoms with Gasteiger partial charge in [0.05, 0.1) is 0 Å². The lowest BCUT2D eigenvalue weighted by Gasteiger charge is -2.10. The van der Waals surface area contributed by atoms with Crippen molar-refractivity contribution in [1.29, 1.82) is 0 Å². The van der Waals surface area contributed by atoms with Crippen LogP contribution in [0.3, 0.4) is 0 Å². The first kappa shape index (κ1) is 14.5. The highest BCUT2D eigenvalue weighted by molar-refractivity contribution is 5.95. The molecule has 0 atom stereocenters. The maximum Gasteiger partial charge on any atom is 0.244 e. The molecule has 3 heteroatoms. The average molecular weight is 314 g/mol. The number of amides is 1. The number of anilines is 1. The largest absolute Gasteiger partial charge is 0.335 e. The van der Waals surface area contributed by atoms with Crippen molar-refractivity contribution in [2.24, 2.45) is 0 Å². The SMILES string of the molecule is Cc1cc2ccccc2n1CC(=O)Nc1ccc2ccccc2c1. The zero-order valence-electron chi connectivity index (χ0n) is 13.5. The first-order valence-electron chi connectivity index (χ1n) is 8.04. The van der Waals surface area contributed by atoms with Crippen molar-refractivity contribution in [3.63, 3.8) is 0 Å². The van der Waals surface area contributed by atoms with Crippen LogP contribution in [0.1, 0.15) is 5.69 Å². The number of aryl methyl sites for hydroxylation is 1. The standard InChI is InChI=1S/C21H18N2O/c1-15-12-18-8-4-5-9-20(18)23(15)14-21(24)22-19-11-10-16-6-2-3-7-17(16)13-19/h2-13H,14H2,1H3,(H,22,24). The molecule has 0 aliphatic carbocycles. The average Bonchev–Trinajstić information content (AvgIpc) is 2.90. The number of para-hydroxylation sites is 1. The maximum atomic E-state index is 12.5. The molecule has 0 spiro atoms. The number of rotatable bonds is 3. The molecule has 1 N–H and O–H groups in total. The van der Waals surface area contributed by atoms with Crippen LogP contribution in [0.4, 0.5) is 5.69 Å². The summed E-state index contributed by atoms with van der Waals surface area (Å²) in [5.74, 6) is -0.0188. The summed E-state index contributed by atoms with van der Waals surface area (Å²) in [5.41, 5.74) is 3.00. The minimum atomic E-state index is -0.0188. The number of hydrogen-bond acceptors (Lipinski definition) is 1. The third-order valence-corrected chi connectivity index (χ3v) is 4.35. The van der Waals surface area contributed by atoms with Gasteiger partial charge in [-0.15, -0.1) is 0 Å². The summed E-state index contributed by atoms with van der Waals surface area (Å²) in [6.45, 7) is 2.34. The minimum Gasteiger partial charge on any atom is -0.335 e. The van der Waals surface area contributed by atoms with Gasteiger partial charge in [0.15, 0.2) is 0 Å². The van der Waals surface area contributed by atoms with Gasteiger partial charge in [0.2, 0.25) is 5.91 Å². The van der Waals surface area contributed by atoms with E-state index in [0.29, 0.717) is 6.54 Å². The van der Waals surface area contributed by atoms with Gasteiger partial charge in [-0.2, -0.15) is 0 Å². The fraction of sp³-hybridized carbons (Fsp3) is 0.0952. The van der Waals surface area contributed by atoms with E-state index in [1.54, 1.807) is 0 Å². The summed E-state index contributed by atoms with van der Waals surface area (Å²) < 4.78 is 2.05. The molecular weight excluding hydrogens is 296 g/mol. The van der Waals surface area contributed by atoms with Crippen molar-refractivity contribution in [3.05, 3.63) is 78.5 Å². The molecule has 0 saturated heterocycles. The summed E-state index contributed by atoms with van der Waals surface area (Å²) in [7, 11) is 0. The Balaban J connectivity index is 1.58.